The number of nitrogens with one attached hydrogen (secondary N) is 17. The highest BCUT2D eigenvalue weighted by Gasteiger charge is 2.45. The third kappa shape index (κ3) is 40.0. The fourth-order valence-electron chi connectivity index (χ4n) is 15.7. The predicted octanol–water partition coefficient (Wildman–Crippen LogP) is -0.886. The SMILES string of the molecule is CCCCCCCCCCCCCCCC(=O)NC(CCC(=O)O)C(=O)NCCCC(=O)N[C@H](C(=O)N[C@@H](CCC(N)=O)C(=O)N[C@@H](Cc1c[nH]cn1)C(=O)N[C@@H](CO)C(=O)N[C@@H](CCCC)C(=O)N[C@H]1CCC(=O)NCCCC[C@@H](C(N)=O)NC(=O)[C@H](Cc2c[nH]c3ccccc23)NC(=O)[C@H](CCCNC(=N)N)NC(=O)C(Cc2ccccc2)NC(=O)[C@@H]2CC(O)CN2C1=O)C(C)O. The maximum Gasteiger partial charge on any atom is 0.303 e. The summed E-state index contributed by atoms with van der Waals surface area (Å²) < 4.78 is 0. The zero-order valence-corrected chi connectivity index (χ0v) is 76.9. The van der Waals surface area contributed by atoms with Gasteiger partial charge in [-0.3, -0.25) is 86.9 Å². The zero-order valence-electron chi connectivity index (χ0n) is 76.9. The summed E-state index contributed by atoms with van der Waals surface area (Å²) in [6, 6.07) is -3.51. The molecule has 2 aliphatic rings. The van der Waals surface area contributed by atoms with Gasteiger partial charge in [0.1, 0.15) is 72.5 Å². The van der Waals surface area contributed by atoms with Gasteiger partial charge in [-0.05, 0) is 94.7 Å². The van der Waals surface area contributed by atoms with E-state index >= 15 is 14.4 Å². The summed E-state index contributed by atoms with van der Waals surface area (Å²) in [5.41, 5.74) is 18.9. The van der Waals surface area contributed by atoms with Crippen LogP contribution in [0.1, 0.15) is 237 Å². The average molecular weight is 1880 g/mol. The van der Waals surface area contributed by atoms with E-state index in [4.69, 9.17) is 22.6 Å². The largest absolute Gasteiger partial charge is 0.481 e. The second-order valence-corrected chi connectivity index (χ2v) is 34.3. The first-order valence-corrected chi connectivity index (χ1v) is 46.8. The molecule has 0 bridgehead atoms. The van der Waals surface area contributed by atoms with Crippen LogP contribution in [0.3, 0.4) is 0 Å². The fourth-order valence-corrected chi connectivity index (χ4v) is 15.7. The first-order chi connectivity index (χ1) is 64.2. The van der Waals surface area contributed by atoms with Crippen molar-refractivity contribution < 1.29 is 102 Å². The number of imidazole rings is 1. The van der Waals surface area contributed by atoms with E-state index in [1.807, 2.05) is 6.07 Å². The van der Waals surface area contributed by atoms with E-state index in [2.05, 4.69) is 96.3 Å². The first kappa shape index (κ1) is 110. The third-order valence-corrected chi connectivity index (χ3v) is 23.3. The number of carbonyl (C=O) groups excluding carboxylic acids is 16. The molecule has 0 saturated carbocycles. The molecule has 0 aliphatic carbocycles. The minimum Gasteiger partial charge on any atom is -0.481 e. The molecular formula is C91H140N22O21. The van der Waals surface area contributed by atoms with Crippen LogP contribution in [0, 0.1) is 5.41 Å². The number of unbranched alkanes of at least 4 members (excludes halogenated alkanes) is 13. The number of aliphatic hydroxyl groups excluding tert-OH is 3. The molecule has 27 N–H and O–H groups in total. The Bertz CT molecular complexity index is 4500. The molecule has 134 heavy (non-hydrogen) atoms. The Kier molecular flexibility index (Phi) is 49.1. The lowest BCUT2D eigenvalue weighted by Gasteiger charge is -2.31. The van der Waals surface area contributed by atoms with Crippen LogP contribution in [0.15, 0.2) is 73.3 Å². The molecule has 0 spiro atoms. The molecule has 43 nitrogen and oxygen atoms in total. The standard InChI is InChI=1S/C91H140N22O21/c1-4-6-8-9-10-11-12-13-14-15-16-17-21-35-75(119)102-65(39-42-77(121)122)80(124)98-44-27-36-76(120)112-78(55(3)115)89(133)106-66(37-40-73(92)117)83(127)109-70(48-58-51-96-54-101-58)86(130)111-71(53-114)87(131)105-63(31-7-5-2)81(125)107-67-38-41-74(118)97-43-25-24-33-62(79(93)123)103-85(129)69(47-57-50-100-61-32-23-22-30-60(57)61)108-82(126)64(34-26-45-99-91(94)95)104-84(128)68(46-56-28-19-18-20-29-56)110-88(132)72-49-59(116)52-113(72)90(67)134/h18-20,22-23,28-30,32,50-51,54-55,59,62-72,78,100,114-116H,4-17,21,24-27,31,33-49,52-53H2,1-3H3,(H2,92,117)(H2,93,123)(H,96,101)(H,97,118)(H,98,124)(H,102,119)(H,103,129)(H,104,128)(H,105,131)(H,106,133)(H,107,125)(H,108,126)(H,109,127)(H,110,132)(H,111,130)(H,112,120)(H,121,122)(H4,94,95,99)/t55?,59?,62-,63-,64-,65?,66-,67-,68?,69-,70-,71-,72-,78-/m0/s1. The highest BCUT2D eigenvalue weighted by atomic mass is 16.4. The summed E-state index contributed by atoms with van der Waals surface area (Å²) in [5, 5.41) is 87.2. The van der Waals surface area contributed by atoms with Crippen molar-refractivity contribution in [3.05, 3.63) is 90.1 Å². The summed E-state index contributed by atoms with van der Waals surface area (Å²) in [5.74, 6) is -16.4. The van der Waals surface area contributed by atoms with Crippen LogP contribution in [0.4, 0.5) is 0 Å². The number of primary amides is 2. The van der Waals surface area contributed by atoms with Gasteiger partial charge < -0.3 is 127 Å². The van der Waals surface area contributed by atoms with Gasteiger partial charge in [0.05, 0.1) is 30.8 Å². The lowest BCUT2D eigenvalue weighted by atomic mass is 10.0. The summed E-state index contributed by atoms with van der Waals surface area (Å²) in [6.07, 6.45) is 12.1. The average Bonchev–Trinajstić information content (AvgIpc) is 1.68. The molecule has 2 saturated heterocycles. The van der Waals surface area contributed by atoms with Gasteiger partial charge in [0.2, 0.25) is 94.5 Å². The van der Waals surface area contributed by atoms with Crippen molar-refractivity contribution in [2.75, 3.05) is 32.8 Å². The molecule has 43 heteroatoms. The van der Waals surface area contributed by atoms with Crippen LogP contribution in [0.5, 0.6) is 0 Å². The number of guanidine groups is 1. The Morgan fingerprint density at radius 3 is 1.78 bits per heavy atom. The van der Waals surface area contributed by atoms with E-state index in [1.54, 1.807) is 61.7 Å². The van der Waals surface area contributed by atoms with E-state index in [0.717, 1.165) is 43.9 Å². The number of aromatic amines is 2. The molecule has 2 fully saturated rings. The Balaban J connectivity index is 1.17. The number of aromatic nitrogens is 3. The lowest BCUT2D eigenvalue weighted by molar-refractivity contribution is -0.143. The summed E-state index contributed by atoms with van der Waals surface area (Å²) in [4.78, 5) is 249. The number of aliphatic hydroxyl groups is 3. The van der Waals surface area contributed by atoms with Crippen LogP contribution in [0.2, 0.25) is 0 Å². The summed E-state index contributed by atoms with van der Waals surface area (Å²) >= 11 is 0. The number of nitrogens with two attached hydrogens (primary N) is 3. The van der Waals surface area contributed by atoms with E-state index in [0.29, 0.717) is 34.9 Å². The van der Waals surface area contributed by atoms with Crippen molar-refractivity contribution in [1.29, 1.82) is 5.41 Å². The van der Waals surface area contributed by atoms with Crippen molar-refractivity contribution in [1.82, 2.24) is 94.3 Å². The molecule has 0 radical (unpaired) electrons. The van der Waals surface area contributed by atoms with Crippen LogP contribution in [-0.4, -0.2) is 264 Å². The number of fused-ring (bicyclic) bond motifs is 2. The second kappa shape index (κ2) is 59.8. The highest BCUT2D eigenvalue weighted by Crippen LogP contribution is 2.24. The number of para-hydroxylation sites is 1. The molecule has 14 atom stereocenters. The van der Waals surface area contributed by atoms with Crippen molar-refractivity contribution in [3.8, 4) is 0 Å². The Hall–Kier alpha value is -12.7. The van der Waals surface area contributed by atoms with Crippen LogP contribution >= 0.6 is 0 Å². The molecular weight excluding hydrogens is 1740 g/mol. The number of carboxylic acids is 1. The normalized spacial score (nSPS) is 19.3. The Morgan fingerprint density at radius 1 is 0.567 bits per heavy atom. The molecule has 740 valence electrons. The van der Waals surface area contributed by atoms with Crippen molar-refractivity contribution in [2.24, 2.45) is 17.2 Å². The highest BCUT2D eigenvalue weighted by molar-refractivity contribution is 6.01. The van der Waals surface area contributed by atoms with Gasteiger partial charge in [-0.1, -0.05) is 152 Å². The monoisotopic (exact) mass is 1880 g/mol. The second-order valence-electron chi connectivity index (χ2n) is 34.3. The maximum absolute atomic E-state index is 15.3. The predicted molar refractivity (Wildman–Crippen MR) is 492 cm³/mol. The van der Waals surface area contributed by atoms with Gasteiger partial charge in [0, 0.05) is 107 Å². The van der Waals surface area contributed by atoms with Gasteiger partial charge in [-0.25, -0.2) is 4.98 Å². The van der Waals surface area contributed by atoms with Crippen LogP contribution < -0.4 is 91.6 Å². The van der Waals surface area contributed by atoms with Crippen LogP contribution in [0.25, 0.3) is 10.9 Å². The number of hydrogen-bond acceptors (Lipinski definition) is 22. The molecule has 6 rings (SSSR count). The summed E-state index contributed by atoms with van der Waals surface area (Å²) in [6.45, 7) is 3.28. The number of benzene rings is 2. The van der Waals surface area contributed by atoms with Gasteiger partial charge in [-0.15, -0.1) is 0 Å². The number of amides is 16. The molecule has 4 aromatic rings. The summed E-state index contributed by atoms with van der Waals surface area (Å²) in [7, 11) is 0. The number of rotatable bonds is 53. The minimum atomic E-state index is -1.93. The van der Waals surface area contributed by atoms with Gasteiger partial charge in [0.15, 0.2) is 5.96 Å². The molecule has 2 aromatic heterocycles. The van der Waals surface area contributed by atoms with Crippen molar-refractivity contribution >= 4 is 117 Å². The van der Waals surface area contributed by atoms with E-state index in [1.165, 1.54) is 57.5 Å². The van der Waals surface area contributed by atoms with Gasteiger partial charge >= 0.3 is 5.97 Å². The number of aliphatic carboxylic acids is 1. The molecule has 2 aliphatic heterocycles. The van der Waals surface area contributed by atoms with Crippen molar-refractivity contribution in [2.45, 2.75) is 324 Å². The van der Waals surface area contributed by atoms with Gasteiger partial charge in [0.25, 0.3) is 0 Å². The number of carbonyl (C=O) groups is 17. The van der Waals surface area contributed by atoms with E-state index < -0.39 is 243 Å². The fraction of sp³-hybridized carbons (Fsp3) is 0.615. The maximum atomic E-state index is 15.3. The zero-order chi connectivity index (χ0) is 98.0. The Labute approximate surface area is 779 Å². The molecule has 16 amide bonds. The van der Waals surface area contributed by atoms with E-state index in [-0.39, 0.29) is 115 Å². The van der Waals surface area contributed by atoms with Gasteiger partial charge in [-0.2, -0.15) is 0 Å². The molecule has 4 unspecified atom stereocenters. The smallest absolute Gasteiger partial charge is 0.303 e. The molecule has 2 aromatic carbocycles. The quantitative estimate of drug-likeness (QED) is 0.0145. The topological polar surface area (TPSA) is 689 Å². The third-order valence-electron chi connectivity index (χ3n) is 23.3. The first-order valence-electron chi connectivity index (χ1n) is 46.8. The number of carboxylic acid groups (broad SMARTS) is 1. The van der Waals surface area contributed by atoms with Crippen molar-refractivity contribution in [3.63, 3.8) is 0 Å². The number of nitrogens with zero attached hydrogens (tertiary/aromatic N) is 2. The Morgan fingerprint density at radius 2 is 1.13 bits per heavy atom. The lowest BCUT2D eigenvalue weighted by Crippen LogP contribution is -2.61. The minimum absolute atomic E-state index is 0.0292. The number of hydrogen-bond donors (Lipinski definition) is 24. The molecule has 4 heterocycles. The number of H-pyrrole nitrogens is 2. The van der Waals surface area contributed by atoms with Crippen LogP contribution in [-0.2, 0) is 101 Å². The van der Waals surface area contributed by atoms with E-state index in [9.17, 15) is 87.5 Å².